The van der Waals surface area contributed by atoms with Gasteiger partial charge in [0.15, 0.2) is 6.10 Å². The SMILES string of the molecule is CO[C@H](C(=O)N1CCC[C@H](CNC(=O)C(C)C)C1)c1ccccc1. The molecule has 5 heteroatoms. The van der Waals surface area contributed by atoms with Crippen LogP contribution in [0.5, 0.6) is 0 Å². The van der Waals surface area contributed by atoms with Crippen LogP contribution in [0.1, 0.15) is 38.4 Å². The monoisotopic (exact) mass is 332 g/mol. The number of methoxy groups -OCH3 is 1. The van der Waals surface area contributed by atoms with Crippen molar-refractivity contribution < 1.29 is 14.3 Å². The van der Waals surface area contributed by atoms with Gasteiger partial charge in [-0.2, -0.15) is 0 Å². The van der Waals surface area contributed by atoms with Crippen LogP contribution in [0, 0.1) is 11.8 Å². The lowest BCUT2D eigenvalue weighted by molar-refractivity contribution is -0.144. The number of nitrogens with one attached hydrogen (secondary N) is 1. The van der Waals surface area contributed by atoms with Gasteiger partial charge in [-0.3, -0.25) is 9.59 Å². The molecule has 2 amide bonds. The second kappa shape index (κ2) is 8.83. The first-order chi connectivity index (χ1) is 11.5. The smallest absolute Gasteiger partial charge is 0.256 e. The van der Waals surface area contributed by atoms with Crippen LogP contribution in [0.15, 0.2) is 30.3 Å². The van der Waals surface area contributed by atoms with Crippen molar-refractivity contribution in [1.29, 1.82) is 0 Å². The molecular formula is C19H28N2O3. The summed E-state index contributed by atoms with van der Waals surface area (Å²) in [6.07, 6.45) is 1.43. The van der Waals surface area contributed by atoms with Crippen LogP contribution in [0.3, 0.4) is 0 Å². The van der Waals surface area contributed by atoms with Gasteiger partial charge < -0.3 is 15.0 Å². The number of benzene rings is 1. The lowest BCUT2D eigenvalue weighted by atomic mass is 9.96. The molecule has 2 atom stereocenters. The van der Waals surface area contributed by atoms with Gasteiger partial charge in [0.05, 0.1) is 0 Å². The number of carbonyl (C=O) groups is 2. The Labute approximate surface area is 144 Å². The summed E-state index contributed by atoms with van der Waals surface area (Å²) >= 11 is 0. The molecule has 2 rings (SSSR count). The highest BCUT2D eigenvalue weighted by Crippen LogP contribution is 2.23. The van der Waals surface area contributed by atoms with Crippen LogP contribution in [0.2, 0.25) is 0 Å². The number of hydrogen-bond donors (Lipinski definition) is 1. The van der Waals surface area contributed by atoms with E-state index >= 15 is 0 Å². The minimum absolute atomic E-state index is 0.00332. The van der Waals surface area contributed by atoms with Crippen molar-refractivity contribution in [2.75, 3.05) is 26.7 Å². The predicted molar refractivity (Wildman–Crippen MR) is 93.3 cm³/mol. The maximum atomic E-state index is 12.8. The fourth-order valence-corrected chi connectivity index (χ4v) is 3.05. The van der Waals surface area contributed by atoms with E-state index in [1.54, 1.807) is 7.11 Å². The van der Waals surface area contributed by atoms with E-state index in [4.69, 9.17) is 4.74 Å². The van der Waals surface area contributed by atoms with Crippen molar-refractivity contribution in [2.24, 2.45) is 11.8 Å². The van der Waals surface area contributed by atoms with Gasteiger partial charge in [-0.15, -0.1) is 0 Å². The second-order valence-electron chi connectivity index (χ2n) is 6.72. The van der Waals surface area contributed by atoms with Gasteiger partial charge in [-0.25, -0.2) is 0 Å². The van der Waals surface area contributed by atoms with Crippen LogP contribution >= 0.6 is 0 Å². The molecule has 1 aliphatic rings. The Bertz CT molecular complexity index is 545. The Hall–Kier alpha value is -1.88. The third-order valence-electron chi connectivity index (χ3n) is 4.48. The largest absolute Gasteiger partial charge is 0.367 e. The number of rotatable bonds is 6. The van der Waals surface area contributed by atoms with E-state index in [1.165, 1.54) is 0 Å². The van der Waals surface area contributed by atoms with E-state index in [9.17, 15) is 9.59 Å². The molecule has 0 bridgehead atoms. The first-order valence-corrected chi connectivity index (χ1v) is 8.67. The number of likely N-dealkylation sites (tertiary alicyclic amines) is 1. The number of amides is 2. The Balaban J connectivity index is 1.95. The van der Waals surface area contributed by atoms with E-state index < -0.39 is 6.10 Å². The van der Waals surface area contributed by atoms with Gasteiger partial charge in [0.1, 0.15) is 0 Å². The molecule has 5 nitrogen and oxygen atoms in total. The van der Waals surface area contributed by atoms with Gasteiger partial charge >= 0.3 is 0 Å². The van der Waals surface area contributed by atoms with Crippen molar-refractivity contribution in [1.82, 2.24) is 10.2 Å². The Morgan fingerprint density at radius 1 is 1.29 bits per heavy atom. The lowest BCUT2D eigenvalue weighted by Gasteiger charge is -2.35. The number of ether oxygens (including phenoxy) is 1. The summed E-state index contributed by atoms with van der Waals surface area (Å²) in [6.45, 7) is 5.82. The van der Waals surface area contributed by atoms with Crippen molar-refractivity contribution >= 4 is 11.8 Å². The number of hydrogen-bond acceptors (Lipinski definition) is 3. The Morgan fingerprint density at radius 3 is 2.62 bits per heavy atom. The lowest BCUT2D eigenvalue weighted by Crippen LogP contribution is -2.46. The molecule has 1 fully saturated rings. The van der Waals surface area contributed by atoms with E-state index in [0.29, 0.717) is 19.0 Å². The van der Waals surface area contributed by atoms with Crippen molar-refractivity contribution in [2.45, 2.75) is 32.8 Å². The highest BCUT2D eigenvalue weighted by molar-refractivity contribution is 5.82. The normalized spacial score (nSPS) is 19.2. The summed E-state index contributed by atoms with van der Waals surface area (Å²) in [4.78, 5) is 26.4. The zero-order valence-corrected chi connectivity index (χ0v) is 14.8. The molecule has 1 aromatic rings. The molecule has 0 spiro atoms. The summed E-state index contributed by atoms with van der Waals surface area (Å²) in [5.74, 6) is 0.363. The molecule has 1 aromatic carbocycles. The molecule has 0 unspecified atom stereocenters. The first kappa shape index (κ1) is 18.5. The quantitative estimate of drug-likeness (QED) is 0.870. The van der Waals surface area contributed by atoms with E-state index in [2.05, 4.69) is 5.32 Å². The summed E-state index contributed by atoms with van der Waals surface area (Å²) in [5.41, 5.74) is 0.875. The van der Waals surface area contributed by atoms with Gasteiger partial charge in [-0.1, -0.05) is 44.2 Å². The second-order valence-corrected chi connectivity index (χ2v) is 6.72. The minimum atomic E-state index is -0.560. The van der Waals surface area contributed by atoms with Crippen LogP contribution < -0.4 is 5.32 Å². The zero-order chi connectivity index (χ0) is 17.5. The van der Waals surface area contributed by atoms with Crippen LogP contribution in [0.25, 0.3) is 0 Å². The minimum Gasteiger partial charge on any atom is -0.367 e. The number of piperidine rings is 1. The molecule has 1 N–H and O–H groups in total. The fourth-order valence-electron chi connectivity index (χ4n) is 3.05. The van der Waals surface area contributed by atoms with E-state index in [1.807, 2.05) is 49.1 Å². The third-order valence-corrected chi connectivity index (χ3v) is 4.48. The first-order valence-electron chi connectivity index (χ1n) is 8.67. The third kappa shape index (κ3) is 4.81. The molecule has 0 aromatic heterocycles. The van der Waals surface area contributed by atoms with Crippen molar-refractivity contribution in [3.63, 3.8) is 0 Å². The topological polar surface area (TPSA) is 58.6 Å². The van der Waals surface area contributed by atoms with Gasteiger partial charge in [0.25, 0.3) is 5.91 Å². The molecule has 24 heavy (non-hydrogen) atoms. The maximum absolute atomic E-state index is 12.8. The Morgan fingerprint density at radius 2 is 2.00 bits per heavy atom. The molecule has 1 aliphatic heterocycles. The van der Waals surface area contributed by atoms with E-state index in [0.717, 1.165) is 24.9 Å². The maximum Gasteiger partial charge on any atom is 0.256 e. The molecule has 0 aliphatic carbocycles. The summed E-state index contributed by atoms with van der Waals surface area (Å²) in [5, 5.41) is 2.98. The Kier molecular flexibility index (Phi) is 6.79. The highest BCUT2D eigenvalue weighted by atomic mass is 16.5. The average Bonchev–Trinajstić information content (AvgIpc) is 2.61. The molecule has 0 saturated carbocycles. The summed E-state index contributed by atoms with van der Waals surface area (Å²) in [7, 11) is 1.57. The van der Waals surface area contributed by atoms with Crippen LogP contribution in [-0.2, 0) is 14.3 Å². The molecular weight excluding hydrogens is 304 g/mol. The average molecular weight is 332 g/mol. The van der Waals surface area contributed by atoms with Crippen molar-refractivity contribution in [3.05, 3.63) is 35.9 Å². The number of nitrogens with zero attached hydrogens (tertiary/aromatic N) is 1. The standard InChI is InChI=1S/C19H28N2O3/c1-14(2)18(22)20-12-15-8-7-11-21(13-15)19(23)17(24-3)16-9-5-4-6-10-16/h4-6,9-10,14-15,17H,7-8,11-13H2,1-3H3,(H,20,22)/t15-,17+/m1/s1. The molecule has 1 heterocycles. The highest BCUT2D eigenvalue weighted by Gasteiger charge is 2.30. The van der Waals surface area contributed by atoms with Crippen molar-refractivity contribution in [3.8, 4) is 0 Å². The molecule has 1 saturated heterocycles. The van der Waals surface area contributed by atoms with Gasteiger partial charge in [-0.05, 0) is 24.3 Å². The van der Waals surface area contributed by atoms with Crippen LogP contribution in [-0.4, -0.2) is 43.5 Å². The van der Waals surface area contributed by atoms with Gasteiger partial charge in [0, 0.05) is 32.7 Å². The van der Waals surface area contributed by atoms with Gasteiger partial charge in [0.2, 0.25) is 5.91 Å². The molecule has 0 radical (unpaired) electrons. The summed E-state index contributed by atoms with van der Waals surface area (Å²) < 4.78 is 5.46. The fraction of sp³-hybridized carbons (Fsp3) is 0.579. The van der Waals surface area contributed by atoms with Crippen LogP contribution in [0.4, 0.5) is 0 Å². The molecule has 132 valence electrons. The summed E-state index contributed by atoms with van der Waals surface area (Å²) in [6, 6.07) is 9.58. The van der Waals surface area contributed by atoms with E-state index in [-0.39, 0.29) is 17.7 Å². The zero-order valence-electron chi connectivity index (χ0n) is 14.8. The number of carbonyl (C=O) groups excluding carboxylic acids is 2. The predicted octanol–water partition coefficient (Wildman–Crippen LogP) is 2.38.